The maximum atomic E-state index is 9.29. The van der Waals surface area contributed by atoms with Crippen LogP contribution in [-0.2, 0) is 0 Å². The molecule has 0 aliphatic carbocycles. The molecule has 0 unspecified atom stereocenters. The van der Waals surface area contributed by atoms with Gasteiger partial charge in [0.25, 0.3) is 0 Å². The summed E-state index contributed by atoms with van der Waals surface area (Å²) in [6.45, 7) is 1.89. The van der Waals surface area contributed by atoms with Crippen LogP contribution in [0.25, 0.3) is 0 Å². The van der Waals surface area contributed by atoms with Crippen LogP contribution in [0, 0.1) is 21.8 Å². The molecule has 11 heavy (non-hydrogen) atoms. The molecule has 0 amide bonds. The summed E-state index contributed by atoms with van der Waals surface area (Å²) in [5.41, 5.74) is 1.33. The quantitative estimate of drug-likeness (QED) is 0.725. The minimum atomic E-state index is 0.0821. The first-order valence-electron chi connectivity index (χ1n) is 3.04. The SMILES string of the molecule is Cc1cc(I)c(O)c(C#N)c1. The zero-order valence-corrected chi connectivity index (χ0v) is 8.08. The van der Waals surface area contributed by atoms with Gasteiger partial charge in [-0.15, -0.1) is 0 Å². The summed E-state index contributed by atoms with van der Waals surface area (Å²) in [7, 11) is 0. The number of nitrogens with zero attached hydrogens (tertiary/aromatic N) is 1. The molecule has 3 heteroatoms. The second-order valence-electron chi connectivity index (χ2n) is 2.25. The molecule has 1 aromatic carbocycles. The topological polar surface area (TPSA) is 44.0 Å². The van der Waals surface area contributed by atoms with Crippen molar-refractivity contribution < 1.29 is 5.11 Å². The number of phenolic OH excluding ortho intramolecular Hbond substituents is 1. The van der Waals surface area contributed by atoms with E-state index in [4.69, 9.17) is 5.26 Å². The monoisotopic (exact) mass is 259 g/mol. The molecule has 0 heterocycles. The van der Waals surface area contributed by atoms with Gasteiger partial charge >= 0.3 is 0 Å². The van der Waals surface area contributed by atoms with Crippen molar-refractivity contribution in [2.45, 2.75) is 6.92 Å². The molecule has 0 aliphatic heterocycles. The summed E-state index contributed by atoms with van der Waals surface area (Å²) in [5, 5.41) is 17.8. The highest BCUT2D eigenvalue weighted by molar-refractivity contribution is 14.1. The summed E-state index contributed by atoms with van der Waals surface area (Å²) in [6, 6.07) is 5.42. The molecule has 0 saturated carbocycles. The van der Waals surface area contributed by atoms with Gasteiger partial charge in [0, 0.05) is 0 Å². The molecule has 1 rings (SSSR count). The van der Waals surface area contributed by atoms with E-state index in [1.54, 1.807) is 6.07 Å². The Balaban J connectivity index is 3.39. The highest BCUT2D eigenvalue weighted by Gasteiger charge is 2.04. The van der Waals surface area contributed by atoms with Gasteiger partial charge in [0.2, 0.25) is 0 Å². The molecular weight excluding hydrogens is 253 g/mol. The van der Waals surface area contributed by atoms with Gasteiger partial charge in [-0.2, -0.15) is 5.26 Å². The molecule has 0 saturated heterocycles. The highest BCUT2D eigenvalue weighted by Crippen LogP contribution is 2.24. The Bertz CT molecular complexity index is 328. The molecule has 56 valence electrons. The van der Waals surface area contributed by atoms with E-state index in [0.717, 1.165) is 9.13 Å². The van der Waals surface area contributed by atoms with Crippen molar-refractivity contribution in [2.24, 2.45) is 0 Å². The van der Waals surface area contributed by atoms with E-state index in [1.807, 2.05) is 41.7 Å². The largest absolute Gasteiger partial charge is 0.505 e. The maximum absolute atomic E-state index is 9.29. The Hall–Kier alpha value is -0.760. The normalized spacial score (nSPS) is 9.18. The van der Waals surface area contributed by atoms with Crippen molar-refractivity contribution in [1.29, 1.82) is 5.26 Å². The van der Waals surface area contributed by atoms with Crippen LogP contribution in [0.5, 0.6) is 5.75 Å². The van der Waals surface area contributed by atoms with Gasteiger partial charge in [0.15, 0.2) is 0 Å². The van der Waals surface area contributed by atoms with Crippen molar-refractivity contribution in [1.82, 2.24) is 0 Å². The molecule has 0 bridgehead atoms. The van der Waals surface area contributed by atoms with Gasteiger partial charge in [0.1, 0.15) is 11.8 Å². The molecule has 0 spiro atoms. The second-order valence-corrected chi connectivity index (χ2v) is 3.42. The molecule has 0 atom stereocenters. The molecule has 1 aromatic rings. The van der Waals surface area contributed by atoms with Crippen LogP contribution in [0.3, 0.4) is 0 Å². The first-order valence-corrected chi connectivity index (χ1v) is 4.12. The van der Waals surface area contributed by atoms with Crippen LogP contribution in [0.15, 0.2) is 12.1 Å². The number of benzene rings is 1. The lowest BCUT2D eigenvalue weighted by Gasteiger charge is -1.99. The third-order valence-electron chi connectivity index (χ3n) is 1.33. The van der Waals surface area contributed by atoms with E-state index < -0.39 is 0 Å². The maximum Gasteiger partial charge on any atom is 0.146 e. The smallest absolute Gasteiger partial charge is 0.146 e. The Labute approximate surface area is 78.6 Å². The van der Waals surface area contributed by atoms with Crippen LogP contribution >= 0.6 is 22.6 Å². The van der Waals surface area contributed by atoms with Crippen LogP contribution in [0.1, 0.15) is 11.1 Å². The second kappa shape index (κ2) is 3.09. The number of hydrogen-bond acceptors (Lipinski definition) is 2. The van der Waals surface area contributed by atoms with E-state index >= 15 is 0 Å². The number of hydrogen-bond donors (Lipinski definition) is 1. The standard InChI is InChI=1S/C8H6INO/c1-5-2-6(4-10)8(11)7(9)3-5/h2-3,11H,1H3. The van der Waals surface area contributed by atoms with Crippen LogP contribution in [0.4, 0.5) is 0 Å². The summed E-state index contributed by atoms with van der Waals surface area (Å²) >= 11 is 2.00. The fourth-order valence-corrected chi connectivity index (χ4v) is 1.60. The predicted molar refractivity (Wildman–Crippen MR) is 50.3 cm³/mol. The third-order valence-corrected chi connectivity index (χ3v) is 2.15. The lowest BCUT2D eigenvalue weighted by Crippen LogP contribution is -1.83. The van der Waals surface area contributed by atoms with Crippen LogP contribution in [-0.4, -0.2) is 5.11 Å². The number of aromatic hydroxyl groups is 1. The average Bonchev–Trinajstić information content (AvgIpc) is 1.96. The van der Waals surface area contributed by atoms with Crippen molar-refractivity contribution in [3.8, 4) is 11.8 Å². The first kappa shape index (κ1) is 8.34. The zero-order chi connectivity index (χ0) is 8.43. The molecule has 2 nitrogen and oxygen atoms in total. The summed E-state index contributed by atoms with van der Waals surface area (Å²) in [6.07, 6.45) is 0. The van der Waals surface area contributed by atoms with Gasteiger partial charge in [-0.25, -0.2) is 0 Å². The molecule has 1 N–H and O–H groups in total. The molecule has 0 aromatic heterocycles. The Morgan fingerprint density at radius 2 is 2.18 bits per heavy atom. The Morgan fingerprint density at radius 3 is 2.73 bits per heavy atom. The lowest BCUT2D eigenvalue weighted by atomic mass is 10.1. The van der Waals surface area contributed by atoms with Crippen molar-refractivity contribution >= 4 is 22.6 Å². The fourth-order valence-electron chi connectivity index (χ4n) is 0.820. The lowest BCUT2D eigenvalue weighted by molar-refractivity contribution is 0.469. The number of phenols is 1. The minimum absolute atomic E-state index is 0.0821. The van der Waals surface area contributed by atoms with Gasteiger partial charge < -0.3 is 5.11 Å². The van der Waals surface area contributed by atoms with Crippen LogP contribution < -0.4 is 0 Å². The van der Waals surface area contributed by atoms with Crippen molar-refractivity contribution in [3.63, 3.8) is 0 Å². The minimum Gasteiger partial charge on any atom is -0.505 e. The summed E-state index contributed by atoms with van der Waals surface area (Å²) in [4.78, 5) is 0. The Morgan fingerprint density at radius 1 is 1.55 bits per heavy atom. The summed E-state index contributed by atoms with van der Waals surface area (Å²) < 4.78 is 0.721. The molecule has 0 radical (unpaired) electrons. The van der Waals surface area contributed by atoms with Gasteiger partial charge in [-0.05, 0) is 47.2 Å². The molecule has 0 aliphatic rings. The number of aryl methyl sites for hydroxylation is 1. The zero-order valence-electron chi connectivity index (χ0n) is 5.93. The number of rotatable bonds is 0. The molecule has 0 fully saturated rings. The third kappa shape index (κ3) is 1.63. The van der Waals surface area contributed by atoms with Gasteiger partial charge in [-0.3, -0.25) is 0 Å². The van der Waals surface area contributed by atoms with Crippen molar-refractivity contribution in [2.75, 3.05) is 0 Å². The first-order chi connectivity index (χ1) is 5.15. The van der Waals surface area contributed by atoms with E-state index in [-0.39, 0.29) is 5.75 Å². The van der Waals surface area contributed by atoms with E-state index in [1.165, 1.54) is 0 Å². The van der Waals surface area contributed by atoms with Crippen molar-refractivity contribution in [3.05, 3.63) is 26.8 Å². The number of halogens is 1. The molecular formula is C8H6INO. The van der Waals surface area contributed by atoms with E-state index in [2.05, 4.69) is 0 Å². The van der Waals surface area contributed by atoms with E-state index in [0.29, 0.717) is 5.56 Å². The predicted octanol–water partition coefficient (Wildman–Crippen LogP) is 2.18. The average molecular weight is 259 g/mol. The van der Waals surface area contributed by atoms with Gasteiger partial charge in [-0.1, -0.05) is 0 Å². The van der Waals surface area contributed by atoms with Gasteiger partial charge in [0.05, 0.1) is 9.13 Å². The highest BCUT2D eigenvalue weighted by atomic mass is 127. The van der Waals surface area contributed by atoms with Crippen LogP contribution in [0.2, 0.25) is 0 Å². The fraction of sp³-hybridized carbons (Fsp3) is 0.125. The Kier molecular flexibility index (Phi) is 2.35. The summed E-state index contributed by atoms with van der Waals surface area (Å²) in [5.74, 6) is 0.0821. The van der Waals surface area contributed by atoms with E-state index in [9.17, 15) is 5.11 Å². The number of nitriles is 1.